The van der Waals surface area contributed by atoms with Gasteiger partial charge >= 0.3 is 6.09 Å². The number of hydrogen-bond acceptors (Lipinski definition) is 4. The molecule has 28 heavy (non-hydrogen) atoms. The predicted octanol–water partition coefficient (Wildman–Crippen LogP) is 4.28. The molecular weight excluding hydrogens is 350 g/mol. The van der Waals surface area contributed by atoms with Crippen LogP contribution in [0.3, 0.4) is 0 Å². The molecule has 0 unspecified atom stereocenters. The summed E-state index contributed by atoms with van der Waals surface area (Å²) < 4.78 is 5.45. The quantitative estimate of drug-likeness (QED) is 0.801. The minimum atomic E-state index is -0.458. The Balaban J connectivity index is 1.56. The number of ether oxygens (including phenoxy) is 1. The molecule has 1 fully saturated rings. The van der Waals surface area contributed by atoms with Crippen molar-refractivity contribution in [3.8, 4) is 17.2 Å². The number of amides is 1. The minimum Gasteiger partial charge on any atom is -0.444 e. The van der Waals surface area contributed by atoms with Crippen molar-refractivity contribution in [1.29, 1.82) is 5.26 Å². The van der Waals surface area contributed by atoms with Crippen molar-refractivity contribution in [3.05, 3.63) is 59.7 Å². The first-order chi connectivity index (χ1) is 13.4. The number of hydrogen-bond donors (Lipinski definition) is 0. The number of nitrogens with zero attached hydrogens (tertiary/aromatic N) is 3. The van der Waals surface area contributed by atoms with E-state index in [9.17, 15) is 10.1 Å². The third-order valence-corrected chi connectivity index (χ3v) is 4.74. The summed E-state index contributed by atoms with van der Waals surface area (Å²) in [6.45, 7) is 9.55. The summed E-state index contributed by atoms with van der Waals surface area (Å²) in [6.07, 6.45) is -0.229. The molecule has 146 valence electrons. The van der Waals surface area contributed by atoms with Crippen molar-refractivity contribution in [2.24, 2.45) is 0 Å². The van der Waals surface area contributed by atoms with E-state index in [2.05, 4.69) is 35.2 Å². The molecule has 1 saturated heterocycles. The molecule has 0 bridgehead atoms. The van der Waals surface area contributed by atoms with Crippen molar-refractivity contribution in [1.82, 2.24) is 9.80 Å². The third-order valence-electron chi connectivity index (χ3n) is 4.74. The summed E-state index contributed by atoms with van der Waals surface area (Å²) in [7, 11) is 0. The molecule has 0 aliphatic carbocycles. The highest BCUT2D eigenvalue weighted by Gasteiger charge is 2.25. The molecule has 1 aliphatic heterocycles. The molecule has 3 rings (SSSR count). The molecule has 2 aromatic rings. The molecule has 1 heterocycles. The number of carbonyl (C=O) groups is 1. The van der Waals surface area contributed by atoms with Crippen LogP contribution in [0.1, 0.15) is 31.9 Å². The van der Waals surface area contributed by atoms with Crippen molar-refractivity contribution in [2.45, 2.75) is 32.9 Å². The standard InChI is InChI=1S/C23H27N3O2/c1-23(2,3)28-22(27)26-14-12-25(13-15-26)17-18-8-10-19(11-9-18)21-7-5-4-6-20(21)16-24/h4-11H,12-15,17H2,1-3H3. The van der Waals surface area contributed by atoms with Gasteiger partial charge in [0.05, 0.1) is 11.6 Å². The summed E-state index contributed by atoms with van der Waals surface area (Å²) in [5.74, 6) is 0. The van der Waals surface area contributed by atoms with Crippen molar-refractivity contribution in [3.63, 3.8) is 0 Å². The lowest BCUT2D eigenvalue weighted by atomic mass is 9.99. The Labute approximate surface area is 167 Å². The SMILES string of the molecule is CC(C)(C)OC(=O)N1CCN(Cc2ccc(-c3ccccc3C#N)cc2)CC1. The van der Waals surface area contributed by atoms with Crippen LogP contribution in [0.15, 0.2) is 48.5 Å². The molecule has 0 atom stereocenters. The van der Waals surface area contributed by atoms with Crippen molar-refractivity contribution < 1.29 is 9.53 Å². The first kappa shape index (κ1) is 19.9. The third kappa shape index (κ3) is 5.11. The van der Waals surface area contributed by atoms with Crippen molar-refractivity contribution >= 4 is 6.09 Å². The van der Waals surface area contributed by atoms with Gasteiger partial charge in [0.1, 0.15) is 5.60 Å². The highest BCUT2D eigenvalue weighted by Crippen LogP contribution is 2.24. The molecule has 0 radical (unpaired) electrons. The molecule has 0 spiro atoms. The molecular formula is C23H27N3O2. The summed E-state index contributed by atoms with van der Waals surface area (Å²) in [5.41, 5.74) is 3.47. The van der Waals surface area contributed by atoms with Crippen LogP contribution in [0.4, 0.5) is 4.79 Å². The highest BCUT2D eigenvalue weighted by atomic mass is 16.6. The number of nitriles is 1. The zero-order chi connectivity index (χ0) is 20.1. The highest BCUT2D eigenvalue weighted by molar-refractivity contribution is 5.70. The van der Waals surface area contributed by atoms with E-state index >= 15 is 0 Å². The number of benzene rings is 2. The molecule has 5 nitrogen and oxygen atoms in total. The smallest absolute Gasteiger partial charge is 0.410 e. The molecule has 1 aliphatic rings. The maximum Gasteiger partial charge on any atom is 0.410 e. The molecule has 1 amide bonds. The topological polar surface area (TPSA) is 56.6 Å². The second kappa shape index (κ2) is 8.45. The van der Waals surface area contributed by atoms with Gasteiger partial charge in [-0.3, -0.25) is 4.90 Å². The molecule has 0 saturated carbocycles. The average Bonchev–Trinajstić information content (AvgIpc) is 2.68. The van der Waals surface area contributed by atoms with E-state index in [1.165, 1.54) is 5.56 Å². The lowest BCUT2D eigenvalue weighted by molar-refractivity contribution is 0.0139. The first-order valence-electron chi connectivity index (χ1n) is 9.64. The summed E-state index contributed by atoms with van der Waals surface area (Å²) >= 11 is 0. The number of piperazine rings is 1. The maximum absolute atomic E-state index is 12.2. The Morgan fingerprint density at radius 3 is 2.29 bits per heavy atom. The first-order valence-corrected chi connectivity index (χ1v) is 9.64. The van der Waals surface area contributed by atoms with Crippen molar-refractivity contribution in [2.75, 3.05) is 26.2 Å². The van der Waals surface area contributed by atoms with Gasteiger partial charge in [-0.05, 0) is 43.5 Å². The van der Waals surface area contributed by atoms with Gasteiger partial charge in [-0.1, -0.05) is 42.5 Å². The Bertz CT molecular complexity index is 855. The van der Waals surface area contributed by atoms with E-state index in [-0.39, 0.29) is 6.09 Å². The van der Waals surface area contributed by atoms with Gasteiger partial charge in [0.25, 0.3) is 0 Å². The maximum atomic E-state index is 12.2. The van der Waals surface area contributed by atoms with Gasteiger partial charge in [-0.2, -0.15) is 5.26 Å². The Morgan fingerprint density at radius 2 is 1.68 bits per heavy atom. The largest absolute Gasteiger partial charge is 0.444 e. The van der Waals surface area contributed by atoms with E-state index in [4.69, 9.17) is 4.74 Å². The van der Waals surface area contributed by atoms with Gasteiger partial charge in [0.15, 0.2) is 0 Å². The van der Waals surface area contributed by atoms with Crippen LogP contribution in [0.5, 0.6) is 0 Å². The summed E-state index contributed by atoms with van der Waals surface area (Å²) in [5, 5.41) is 9.28. The van der Waals surface area contributed by atoms with Crippen LogP contribution in [-0.4, -0.2) is 47.7 Å². The zero-order valence-electron chi connectivity index (χ0n) is 16.8. The Morgan fingerprint density at radius 1 is 1.04 bits per heavy atom. The Kier molecular flexibility index (Phi) is 6.01. The van der Waals surface area contributed by atoms with Gasteiger partial charge in [0, 0.05) is 32.7 Å². The summed E-state index contributed by atoms with van der Waals surface area (Å²) in [6, 6.07) is 18.3. The predicted molar refractivity (Wildman–Crippen MR) is 110 cm³/mol. The fraction of sp³-hybridized carbons (Fsp3) is 0.391. The van der Waals surface area contributed by atoms with E-state index in [0.717, 1.165) is 30.8 Å². The summed E-state index contributed by atoms with van der Waals surface area (Å²) in [4.78, 5) is 16.3. The van der Waals surface area contributed by atoms with Crippen LogP contribution in [0, 0.1) is 11.3 Å². The van der Waals surface area contributed by atoms with E-state index in [1.807, 2.05) is 45.0 Å². The number of rotatable bonds is 3. The van der Waals surface area contributed by atoms with Gasteiger partial charge in [0.2, 0.25) is 0 Å². The minimum absolute atomic E-state index is 0.229. The van der Waals surface area contributed by atoms with Crippen LogP contribution in [0.25, 0.3) is 11.1 Å². The lowest BCUT2D eigenvalue weighted by Crippen LogP contribution is -2.49. The van der Waals surface area contributed by atoms with E-state index < -0.39 is 5.60 Å². The number of carbonyl (C=O) groups excluding carboxylic acids is 1. The normalized spacial score (nSPS) is 15.1. The second-order valence-electron chi connectivity index (χ2n) is 8.10. The lowest BCUT2D eigenvalue weighted by Gasteiger charge is -2.35. The average molecular weight is 377 g/mol. The molecule has 0 aromatic heterocycles. The van der Waals surface area contributed by atoms with Gasteiger partial charge in [-0.25, -0.2) is 4.79 Å². The fourth-order valence-electron chi connectivity index (χ4n) is 3.30. The Hall–Kier alpha value is -2.84. The van der Waals surface area contributed by atoms with Gasteiger partial charge < -0.3 is 9.64 Å². The van der Waals surface area contributed by atoms with E-state index in [0.29, 0.717) is 18.7 Å². The van der Waals surface area contributed by atoms with Crippen LogP contribution in [0.2, 0.25) is 0 Å². The monoisotopic (exact) mass is 377 g/mol. The van der Waals surface area contributed by atoms with E-state index in [1.54, 1.807) is 4.90 Å². The molecule has 5 heteroatoms. The van der Waals surface area contributed by atoms with Gasteiger partial charge in [-0.15, -0.1) is 0 Å². The molecule has 2 aromatic carbocycles. The zero-order valence-corrected chi connectivity index (χ0v) is 16.8. The fourth-order valence-corrected chi connectivity index (χ4v) is 3.30. The van der Waals surface area contributed by atoms with Crippen LogP contribution in [-0.2, 0) is 11.3 Å². The van der Waals surface area contributed by atoms with Crippen LogP contribution < -0.4 is 0 Å². The van der Waals surface area contributed by atoms with Crippen LogP contribution >= 0.6 is 0 Å². The molecule has 0 N–H and O–H groups in total. The second-order valence-corrected chi connectivity index (χ2v) is 8.10.